The molecule has 0 amide bonds. The predicted molar refractivity (Wildman–Crippen MR) is 64.1 cm³/mol. The molecule has 0 spiro atoms. The highest BCUT2D eigenvalue weighted by molar-refractivity contribution is 7.89. The van der Waals surface area contributed by atoms with Crippen LogP contribution < -0.4 is 16.0 Å². The SMILES string of the molecule is COCC(C)NS(=O)(=O)c1c(C)[nH]c(=O)[nH]c1=O. The summed E-state index contributed by atoms with van der Waals surface area (Å²) in [5, 5.41) is 0. The lowest BCUT2D eigenvalue weighted by atomic mass is 10.4. The fourth-order valence-corrected chi connectivity index (χ4v) is 2.98. The maximum Gasteiger partial charge on any atom is 0.325 e. The van der Waals surface area contributed by atoms with Gasteiger partial charge in [-0.15, -0.1) is 0 Å². The fourth-order valence-electron chi connectivity index (χ4n) is 1.52. The van der Waals surface area contributed by atoms with Crippen molar-refractivity contribution in [1.82, 2.24) is 14.7 Å². The molecule has 0 saturated carbocycles. The molecular weight excluding hydrogens is 262 g/mol. The summed E-state index contributed by atoms with van der Waals surface area (Å²) in [5.41, 5.74) is -1.71. The molecule has 1 heterocycles. The first-order valence-corrected chi connectivity index (χ1v) is 6.60. The number of methoxy groups -OCH3 is 1. The van der Waals surface area contributed by atoms with Gasteiger partial charge in [0, 0.05) is 18.8 Å². The largest absolute Gasteiger partial charge is 0.383 e. The lowest BCUT2D eigenvalue weighted by Crippen LogP contribution is -2.40. The summed E-state index contributed by atoms with van der Waals surface area (Å²) in [6.07, 6.45) is 0. The minimum Gasteiger partial charge on any atom is -0.383 e. The summed E-state index contributed by atoms with van der Waals surface area (Å²) < 4.78 is 31.0. The second kappa shape index (κ2) is 5.46. The zero-order valence-corrected chi connectivity index (χ0v) is 11.1. The van der Waals surface area contributed by atoms with Crippen LogP contribution in [0.4, 0.5) is 0 Å². The molecule has 18 heavy (non-hydrogen) atoms. The highest BCUT2D eigenvalue weighted by atomic mass is 32.2. The van der Waals surface area contributed by atoms with Gasteiger partial charge in [0.2, 0.25) is 10.0 Å². The van der Waals surface area contributed by atoms with Crippen LogP contribution in [0.2, 0.25) is 0 Å². The van der Waals surface area contributed by atoms with E-state index in [0.29, 0.717) is 0 Å². The van der Waals surface area contributed by atoms with Crippen molar-refractivity contribution in [3.63, 3.8) is 0 Å². The molecule has 1 unspecified atom stereocenters. The van der Waals surface area contributed by atoms with Crippen LogP contribution in [0.1, 0.15) is 12.6 Å². The molecule has 0 aromatic carbocycles. The molecule has 3 N–H and O–H groups in total. The third kappa shape index (κ3) is 3.28. The summed E-state index contributed by atoms with van der Waals surface area (Å²) >= 11 is 0. The van der Waals surface area contributed by atoms with Crippen LogP contribution in [0.5, 0.6) is 0 Å². The van der Waals surface area contributed by atoms with Gasteiger partial charge in [0.25, 0.3) is 5.56 Å². The molecule has 0 bridgehead atoms. The van der Waals surface area contributed by atoms with Crippen LogP contribution in [0.25, 0.3) is 0 Å². The number of aromatic nitrogens is 2. The van der Waals surface area contributed by atoms with Crippen molar-refractivity contribution < 1.29 is 13.2 Å². The highest BCUT2D eigenvalue weighted by Gasteiger charge is 2.23. The first kappa shape index (κ1) is 14.6. The monoisotopic (exact) mass is 277 g/mol. The molecule has 9 heteroatoms. The van der Waals surface area contributed by atoms with Gasteiger partial charge in [-0.05, 0) is 13.8 Å². The zero-order valence-electron chi connectivity index (χ0n) is 10.2. The molecule has 1 atom stereocenters. The lowest BCUT2D eigenvalue weighted by molar-refractivity contribution is 0.180. The van der Waals surface area contributed by atoms with E-state index < -0.39 is 32.2 Å². The Labute approximate surface area is 103 Å². The Balaban J connectivity index is 3.22. The molecule has 0 saturated heterocycles. The number of sulfonamides is 1. The van der Waals surface area contributed by atoms with E-state index in [1.165, 1.54) is 14.0 Å². The third-order valence-corrected chi connectivity index (χ3v) is 3.86. The first-order valence-electron chi connectivity index (χ1n) is 5.12. The van der Waals surface area contributed by atoms with Gasteiger partial charge in [-0.2, -0.15) is 0 Å². The van der Waals surface area contributed by atoms with Gasteiger partial charge in [-0.3, -0.25) is 9.78 Å². The normalized spacial score (nSPS) is 13.5. The molecule has 1 rings (SSSR count). The maximum atomic E-state index is 12.0. The lowest BCUT2D eigenvalue weighted by Gasteiger charge is -2.13. The molecule has 0 aliphatic carbocycles. The molecule has 0 aliphatic rings. The van der Waals surface area contributed by atoms with Crippen molar-refractivity contribution in [3.8, 4) is 0 Å². The Morgan fingerprint density at radius 3 is 2.44 bits per heavy atom. The van der Waals surface area contributed by atoms with Gasteiger partial charge >= 0.3 is 5.69 Å². The Kier molecular flexibility index (Phi) is 4.43. The molecule has 0 aliphatic heterocycles. The van der Waals surface area contributed by atoms with E-state index in [1.54, 1.807) is 6.92 Å². The summed E-state index contributed by atoms with van der Waals surface area (Å²) in [5.74, 6) is 0. The van der Waals surface area contributed by atoms with Gasteiger partial charge < -0.3 is 9.72 Å². The molecule has 1 aromatic rings. The van der Waals surface area contributed by atoms with Crippen LogP contribution in [0, 0.1) is 6.92 Å². The standard InChI is InChI=1S/C9H15N3O5S/c1-5(4-17-3)12-18(15,16)7-6(2)10-9(14)11-8(7)13/h5,12H,4H2,1-3H3,(H2,10,11,13,14). The first-order chi connectivity index (χ1) is 8.27. The second-order valence-electron chi connectivity index (χ2n) is 3.84. The topological polar surface area (TPSA) is 121 Å². The number of ether oxygens (including phenoxy) is 1. The van der Waals surface area contributed by atoms with Gasteiger partial charge in [0.1, 0.15) is 0 Å². The maximum absolute atomic E-state index is 12.0. The van der Waals surface area contributed by atoms with Crippen molar-refractivity contribution in [2.45, 2.75) is 24.8 Å². The van der Waals surface area contributed by atoms with Crippen LogP contribution in [0.3, 0.4) is 0 Å². The van der Waals surface area contributed by atoms with Crippen LogP contribution >= 0.6 is 0 Å². The van der Waals surface area contributed by atoms with Gasteiger partial charge in [0.15, 0.2) is 4.90 Å². The summed E-state index contributed by atoms with van der Waals surface area (Å²) in [6.45, 7) is 3.10. The van der Waals surface area contributed by atoms with Crippen molar-refractivity contribution >= 4 is 10.0 Å². The van der Waals surface area contributed by atoms with Gasteiger partial charge in [-0.1, -0.05) is 0 Å². The number of hydrogen-bond acceptors (Lipinski definition) is 5. The average Bonchev–Trinajstić information content (AvgIpc) is 2.13. The van der Waals surface area contributed by atoms with E-state index in [9.17, 15) is 18.0 Å². The molecule has 0 radical (unpaired) electrons. The van der Waals surface area contributed by atoms with Crippen molar-refractivity contribution in [2.75, 3.05) is 13.7 Å². The Morgan fingerprint density at radius 1 is 1.33 bits per heavy atom. The molecule has 0 fully saturated rings. The van der Waals surface area contributed by atoms with Crippen molar-refractivity contribution in [3.05, 3.63) is 26.5 Å². The Hall–Kier alpha value is -1.45. The minimum atomic E-state index is -4.00. The van der Waals surface area contributed by atoms with Gasteiger partial charge in [-0.25, -0.2) is 17.9 Å². The molecule has 102 valence electrons. The molecule has 1 aromatic heterocycles. The smallest absolute Gasteiger partial charge is 0.325 e. The van der Waals surface area contributed by atoms with Crippen molar-refractivity contribution in [2.24, 2.45) is 0 Å². The molecule has 8 nitrogen and oxygen atoms in total. The van der Waals surface area contributed by atoms with Crippen LogP contribution in [-0.4, -0.2) is 38.1 Å². The van der Waals surface area contributed by atoms with Crippen molar-refractivity contribution in [1.29, 1.82) is 0 Å². The Bertz CT molecular complexity index is 630. The summed E-state index contributed by atoms with van der Waals surface area (Å²) in [7, 11) is -2.57. The van der Waals surface area contributed by atoms with E-state index in [0.717, 1.165) is 0 Å². The second-order valence-corrected chi connectivity index (χ2v) is 5.49. The summed E-state index contributed by atoms with van der Waals surface area (Å²) in [4.78, 5) is 26.1. The number of aromatic amines is 2. The molecular formula is C9H15N3O5S. The van der Waals surface area contributed by atoms with Gasteiger partial charge in [0.05, 0.1) is 6.61 Å². The number of nitrogens with one attached hydrogen (secondary N) is 3. The summed E-state index contributed by atoms with van der Waals surface area (Å²) in [6, 6.07) is -0.495. The third-order valence-electron chi connectivity index (χ3n) is 2.12. The minimum absolute atomic E-state index is 0.0131. The Morgan fingerprint density at radius 2 is 1.94 bits per heavy atom. The average molecular weight is 277 g/mol. The zero-order chi connectivity index (χ0) is 13.9. The van der Waals surface area contributed by atoms with E-state index in [4.69, 9.17) is 4.74 Å². The van der Waals surface area contributed by atoms with E-state index in [2.05, 4.69) is 9.71 Å². The van der Waals surface area contributed by atoms with E-state index >= 15 is 0 Å². The van der Waals surface area contributed by atoms with Crippen LogP contribution in [0.15, 0.2) is 14.5 Å². The highest BCUT2D eigenvalue weighted by Crippen LogP contribution is 2.05. The van der Waals surface area contributed by atoms with E-state index in [-0.39, 0.29) is 12.3 Å². The quantitative estimate of drug-likeness (QED) is 0.616. The van der Waals surface area contributed by atoms with Crippen LogP contribution in [-0.2, 0) is 14.8 Å². The van der Waals surface area contributed by atoms with E-state index in [1.807, 2.05) is 4.98 Å². The number of aryl methyl sites for hydroxylation is 1. The number of hydrogen-bond donors (Lipinski definition) is 3. The number of rotatable bonds is 5. The number of H-pyrrole nitrogens is 2. The fraction of sp³-hybridized carbons (Fsp3) is 0.556. The predicted octanol–water partition coefficient (Wildman–Crippen LogP) is -1.32.